The molecule has 0 bridgehead atoms. The lowest BCUT2D eigenvalue weighted by atomic mass is 9.90. The number of aliphatic hydroxyl groups excluding tert-OH is 1. The SMILES string of the molecule is O=C1CCOC[C@H]1[C@H](O)c1ccc([N+](=O)[O-])cc1. The number of hydrogen-bond donors (Lipinski definition) is 1. The van der Waals surface area contributed by atoms with Crippen LogP contribution in [0.5, 0.6) is 0 Å². The summed E-state index contributed by atoms with van der Waals surface area (Å²) in [6.45, 7) is 0.583. The van der Waals surface area contributed by atoms with Crippen LogP contribution in [0, 0.1) is 16.0 Å². The number of benzene rings is 1. The molecule has 2 atom stereocenters. The molecule has 1 saturated heterocycles. The molecule has 1 aliphatic rings. The Labute approximate surface area is 103 Å². The Balaban J connectivity index is 2.15. The number of Topliss-reactive ketones (excluding diaryl/α,β-unsaturated/α-hetero) is 1. The molecular formula is C12H13NO5. The summed E-state index contributed by atoms with van der Waals surface area (Å²) in [5, 5.41) is 20.6. The van der Waals surface area contributed by atoms with E-state index in [0.717, 1.165) is 0 Å². The summed E-state index contributed by atoms with van der Waals surface area (Å²) in [7, 11) is 0. The molecule has 0 aromatic heterocycles. The second-order valence-electron chi connectivity index (χ2n) is 4.19. The first kappa shape index (κ1) is 12.7. The molecule has 6 heteroatoms. The van der Waals surface area contributed by atoms with Gasteiger partial charge >= 0.3 is 0 Å². The lowest BCUT2D eigenvalue weighted by Crippen LogP contribution is -2.32. The molecule has 1 aromatic rings. The number of carbonyl (C=O) groups excluding carboxylic acids is 1. The quantitative estimate of drug-likeness (QED) is 0.644. The predicted molar refractivity (Wildman–Crippen MR) is 62.0 cm³/mol. The normalized spacial score (nSPS) is 21.6. The number of ether oxygens (including phenoxy) is 1. The fourth-order valence-electron chi connectivity index (χ4n) is 1.95. The van der Waals surface area contributed by atoms with Crippen molar-refractivity contribution in [2.45, 2.75) is 12.5 Å². The second kappa shape index (κ2) is 5.24. The molecule has 18 heavy (non-hydrogen) atoms. The number of nitro groups is 1. The first-order chi connectivity index (χ1) is 8.59. The standard InChI is InChI=1S/C12H13NO5/c14-11-5-6-18-7-10(11)12(15)8-1-3-9(4-2-8)13(16)17/h1-4,10,12,15H,5-7H2/t10-,12-/m1/s1. The van der Waals surface area contributed by atoms with Gasteiger partial charge in [0.05, 0.1) is 30.2 Å². The van der Waals surface area contributed by atoms with Crippen LogP contribution in [0.3, 0.4) is 0 Å². The van der Waals surface area contributed by atoms with Crippen LogP contribution in [0.4, 0.5) is 5.69 Å². The Morgan fingerprint density at radius 1 is 1.39 bits per heavy atom. The molecule has 0 radical (unpaired) electrons. The molecule has 0 unspecified atom stereocenters. The van der Waals surface area contributed by atoms with Crippen LogP contribution < -0.4 is 0 Å². The Kier molecular flexibility index (Phi) is 3.69. The Bertz CT molecular complexity index is 456. The van der Waals surface area contributed by atoms with Gasteiger partial charge in [-0.2, -0.15) is 0 Å². The monoisotopic (exact) mass is 251 g/mol. The van der Waals surface area contributed by atoms with Gasteiger partial charge in [0.2, 0.25) is 0 Å². The van der Waals surface area contributed by atoms with Crippen molar-refractivity contribution in [3.8, 4) is 0 Å². The van der Waals surface area contributed by atoms with E-state index in [0.29, 0.717) is 18.6 Å². The molecule has 0 spiro atoms. The summed E-state index contributed by atoms with van der Waals surface area (Å²) in [6, 6.07) is 5.55. The van der Waals surface area contributed by atoms with Crippen LogP contribution in [0.2, 0.25) is 0 Å². The lowest BCUT2D eigenvalue weighted by molar-refractivity contribution is -0.384. The fraction of sp³-hybridized carbons (Fsp3) is 0.417. The van der Waals surface area contributed by atoms with Gasteiger partial charge in [-0.15, -0.1) is 0 Å². The zero-order valence-corrected chi connectivity index (χ0v) is 9.61. The van der Waals surface area contributed by atoms with Gasteiger partial charge in [0.1, 0.15) is 5.78 Å². The first-order valence-electron chi connectivity index (χ1n) is 5.62. The highest BCUT2D eigenvalue weighted by Crippen LogP contribution is 2.27. The van der Waals surface area contributed by atoms with E-state index in [1.165, 1.54) is 24.3 Å². The van der Waals surface area contributed by atoms with E-state index < -0.39 is 16.9 Å². The van der Waals surface area contributed by atoms with Gasteiger partial charge in [-0.1, -0.05) is 0 Å². The van der Waals surface area contributed by atoms with Crippen LogP contribution in [-0.4, -0.2) is 29.0 Å². The van der Waals surface area contributed by atoms with E-state index in [2.05, 4.69) is 0 Å². The van der Waals surface area contributed by atoms with E-state index >= 15 is 0 Å². The zero-order valence-electron chi connectivity index (χ0n) is 9.61. The minimum absolute atomic E-state index is 0.0351. The molecule has 0 amide bonds. The van der Waals surface area contributed by atoms with E-state index in [4.69, 9.17) is 4.74 Å². The number of nitro benzene ring substituents is 1. The van der Waals surface area contributed by atoms with E-state index in [-0.39, 0.29) is 18.1 Å². The minimum Gasteiger partial charge on any atom is -0.388 e. The largest absolute Gasteiger partial charge is 0.388 e. The highest BCUT2D eigenvalue weighted by molar-refractivity contribution is 5.82. The van der Waals surface area contributed by atoms with Gasteiger partial charge < -0.3 is 9.84 Å². The van der Waals surface area contributed by atoms with Crippen molar-refractivity contribution >= 4 is 11.5 Å². The topological polar surface area (TPSA) is 89.7 Å². The van der Waals surface area contributed by atoms with Crippen LogP contribution in [-0.2, 0) is 9.53 Å². The van der Waals surface area contributed by atoms with Gasteiger partial charge in [0, 0.05) is 18.6 Å². The first-order valence-corrected chi connectivity index (χ1v) is 5.62. The van der Waals surface area contributed by atoms with E-state index in [9.17, 15) is 20.0 Å². The van der Waals surface area contributed by atoms with Gasteiger partial charge in [-0.3, -0.25) is 14.9 Å². The smallest absolute Gasteiger partial charge is 0.269 e. The summed E-state index contributed by atoms with van der Waals surface area (Å²) in [5.74, 6) is -0.618. The molecule has 0 aliphatic carbocycles. The summed E-state index contributed by atoms with van der Waals surface area (Å²) in [4.78, 5) is 21.6. The van der Waals surface area contributed by atoms with Crippen LogP contribution in [0.15, 0.2) is 24.3 Å². The maximum atomic E-state index is 11.6. The van der Waals surface area contributed by atoms with Gasteiger partial charge in [0.15, 0.2) is 0 Å². The Morgan fingerprint density at radius 3 is 2.61 bits per heavy atom. The van der Waals surface area contributed by atoms with E-state index in [1.807, 2.05) is 0 Å². The van der Waals surface area contributed by atoms with Crippen molar-refractivity contribution in [2.75, 3.05) is 13.2 Å². The number of ketones is 1. The van der Waals surface area contributed by atoms with Gasteiger partial charge in [-0.05, 0) is 17.7 Å². The number of carbonyl (C=O) groups is 1. The van der Waals surface area contributed by atoms with Crippen LogP contribution in [0.25, 0.3) is 0 Å². The van der Waals surface area contributed by atoms with Crippen molar-refractivity contribution in [1.82, 2.24) is 0 Å². The van der Waals surface area contributed by atoms with Gasteiger partial charge in [-0.25, -0.2) is 0 Å². The number of rotatable bonds is 3. The predicted octanol–water partition coefficient (Wildman–Crippen LogP) is 1.23. The Hall–Kier alpha value is -1.79. The summed E-state index contributed by atoms with van der Waals surface area (Å²) in [5.41, 5.74) is 0.446. The Morgan fingerprint density at radius 2 is 2.06 bits per heavy atom. The van der Waals surface area contributed by atoms with Gasteiger partial charge in [0.25, 0.3) is 5.69 Å². The molecule has 1 fully saturated rings. The average molecular weight is 251 g/mol. The van der Waals surface area contributed by atoms with Crippen molar-refractivity contribution in [1.29, 1.82) is 0 Å². The van der Waals surface area contributed by atoms with E-state index in [1.54, 1.807) is 0 Å². The molecule has 2 rings (SSSR count). The number of non-ortho nitro benzene ring substituents is 1. The number of hydrogen-bond acceptors (Lipinski definition) is 5. The molecule has 1 aliphatic heterocycles. The van der Waals surface area contributed by atoms with Crippen LogP contribution >= 0.6 is 0 Å². The highest BCUT2D eigenvalue weighted by Gasteiger charge is 2.30. The highest BCUT2D eigenvalue weighted by atomic mass is 16.6. The summed E-state index contributed by atoms with van der Waals surface area (Å²) in [6.07, 6.45) is -0.673. The third kappa shape index (κ3) is 2.55. The molecule has 1 heterocycles. The maximum absolute atomic E-state index is 11.6. The van der Waals surface area contributed by atoms with Crippen molar-refractivity contribution in [3.63, 3.8) is 0 Å². The van der Waals surface area contributed by atoms with Crippen molar-refractivity contribution in [2.24, 2.45) is 5.92 Å². The molecular weight excluding hydrogens is 238 g/mol. The maximum Gasteiger partial charge on any atom is 0.269 e. The molecule has 96 valence electrons. The third-order valence-corrected chi connectivity index (χ3v) is 3.03. The summed E-state index contributed by atoms with van der Waals surface area (Å²) >= 11 is 0. The zero-order chi connectivity index (χ0) is 13.1. The van der Waals surface area contributed by atoms with Crippen molar-refractivity contribution in [3.05, 3.63) is 39.9 Å². The van der Waals surface area contributed by atoms with Crippen molar-refractivity contribution < 1.29 is 19.6 Å². The molecule has 1 aromatic carbocycles. The molecule has 1 N–H and O–H groups in total. The number of aliphatic hydroxyl groups is 1. The lowest BCUT2D eigenvalue weighted by Gasteiger charge is -2.25. The third-order valence-electron chi connectivity index (χ3n) is 3.03. The fourth-order valence-corrected chi connectivity index (χ4v) is 1.95. The minimum atomic E-state index is -0.974. The molecule has 0 saturated carbocycles. The molecule has 6 nitrogen and oxygen atoms in total. The summed E-state index contributed by atoms with van der Waals surface area (Å²) < 4.78 is 5.17. The second-order valence-corrected chi connectivity index (χ2v) is 4.19. The number of nitrogens with zero attached hydrogens (tertiary/aromatic N) is 1. The van der Waals surface area contributed by atoms with Crippen LogP contribution in [0.1, 0.15) is 18.1 Å². The average Bonchev–Trinajstić information content (AvgIpc) is 2.38.